The quantitative estimate of drug-likeness (QED) is 0.795. The first kappa shape index (κ1) is 20.4. The fraction of sp³-hybridized carbons (Fsp3) is 0.316. The molecule has 5 nitrogen and oxygen atoms in total. The predicted octanol–water partition coefficient (Wildman–Crippen LogP) is 3.74. The number of benzene rings is 1. The van der Waals surface area contributed by atoms with Crippen LogP contribution >= 0.6 is 0 Å². The van der Waals surface area contributed by atoms with Gasteiger partial charge in [-0.15, -0.1) is 13.2 Å². The summed E-state index contributed by atoms with van der Waals surface area (Å²) in [6.45, 7) is 3.50. The number of nitrogens with one attached hydrogen (secondary N) is 1. The highest BCUT2D eigenvalue weighted by atomic mass is 19.4. The third-order valence-corrected chi connectivity index (χ3v) is 3.63. The number of aryl methyl sites for hydroxylation is 1. The van der Waals surface area contributed by atoms with Gasteiger partial charge in [-0.05, 0) is 36.8 Å². The zero-order valence-corrected chi connectivity index (χ0v) is 14.9. The van der Waals surface area contributed by atoms with E-state index in [4.69, 9.17) is 0 Å². The molecule has 1 amide bonds. The molecule has 0 aliphatic rings. The smallest absolute Gasteiger partial charge is 0.406 e. The van der Waals surface area contributed by atoms with Crippen molar-refractivity contribution in [2.45, 2.75) is 39.6 Å². The molecule has 0 bridgehead atoms. The largest absolute Gasteiger partial charge is 0.573 e. The van der Waals surface area contributed by atoms with Crippen molar-refractivity contribution in [3.8, 4) is 5.75 Å². The molecule has 0 aliphatic heterocycles. The number of hydrogen-bond acceptors (Lipinski definition) is 4. The van der Waals surface area contributed by atoms with Crippen LogP contribution in [0.5, 0.6) is 5.75 Å². The topological polar surface area (TPSA) is 68.3 Å². The standard InChI is InChI=1S/C19H19F3N2O3/c1-3-16(25)10-15-9-14(7-12(2)24-15)18(26)23-11-13-5-4-6-17(8-13)27-19(20,21)22/h4-9H,3,10-11H2,1-2H3,(H,23,26). The van der Waals surface area contributed by atoms with E-state index in [1.54, 1.807) is 32.0 Å². The van der Waals surface area contributed by atoms with E-state index in [1.165, 1.54) is 18.2 Å². The molecule has 1 N–H and O–H groups in total. The highest BCUT2D eigenvalue weighted by Crippen LogP contribution is 2.23. The summed E-state index contributed by atoms with van der Waals surface area (Å²) < 4.78 is 40.7. The molecule has 2 rings (SSSR count). The second kappa shape index (κ2) is 8.66. The third-order valence-electron chi connectivity index (χ3n) is 3.63. The van der Waals surface area contributed by atoms with E-state index >= 15 is 0 Å². The van der Waals surface area contributed by atoms with Gasteiger partial charge in [-0.2, -0.15) is 0 Å². The maximum Gasteiger partial charge on any atom is 0.573 e. The number of pyridine rings is 1. The number of ether oxygens (including phenoxy) is 1. The average molecular weight is 380 g/mol. The molecule has 0 fully saturated rings. The molecule has 0 atom stereocenters. The molecule has 144 valence electrons. The molecular formula is C19H19F3N2O3. The van der Waals surface area contributed by atoms with Crippen LogP contribution in [0.15, 0.2) is 36.4 Å². The van der Waals surface area contributed by atoms with Crippen molar-refractivity contribution < 1.29 is 27.5 Å². The summed E-state index contributed by atoms with van der Waals surface area (Å²) in [6, 6.07) is 8.50. The Hall–Kier alpha value is -2.90. The van der Waals surface area contributed by atoms with Crippen LogP contribution in [0.1, 0.15) is 40.7 Å². The van der Waals surface area contributed by atoms with Gasteiger partial charge in [0, 0.05) is 36.3 Å². The summed E-state index contributed by atoms with van der Waals surface area (Å²) in [5.74, 6) is -0.747. The van der Waals surface area contributed by atoms with Crippen LogP contribution in [0.25, 0.3) is 0 Å². The summed E-state index contributed by atoms with van der Waals surface area (Å²) in [5, 5.41) is 2.64. The average Bonchev–Trinajstić information content (AvgIpc) is 2.57. The van der Waals surface area contributed by atoms with Crippen molar-refractivity contribution in [3.63, 3.8) is 0 Å². The molecule has 0 radical (unpaired) electrons. The minimum absolute atomic E-state index is 0.0148. The molecule has 1 aromatic carbocycles. The minimum atomic E-state index is -4.78. The number of nitrogens with zero attached hydrogens (tertiary/aromatic N) is 1. The zero-order valence-electron chi connectivity index (χ0n) is 14.9. The van der Waals surface area contributed by atoms with Gasteiger partial charge in [0.25, 0.3) is 5.91 Å². The molecule has 1 aromatic heterocycles. The van der Waals surface area contributed by atoms with Gasteiger partial charge in [0.2, 0.25) is 0 Å². The van der Waals surface area contributed by atoms with Crippen molar-refractivity contribution in [3.05, 3.63) is 58.9 Å². The van der Waals surface area contributed by atoms with Gasteiger partial charge < -0.3 is 10.1 Å². The lowest BCUT2D eigenvalue weighted by Crippen LogP contribution is -2.23. The van der Waals surface area contributed by atoms with E-state index < -0.39 is 12.3 Å². The van der Waals surface area contributed by atoms with Crippen molar-refractivity contribution in [2.24, 2.45) is 0 Å². The van der Waals surface area contributed by atoms with Crippen LogP contribution in [-0.2, 0) is 17.8 Å². The predicted molar refractivity (Wildman–Crippen MR) is 92.3 cm³/mol. The SMILES string of the molecule is CCC(=O)Cc1cc(C(=O)NCc2cccc(OC(F)(F)F)c2)cc(C)n1. The number of amides is 1. The Morgan fingerprint density at radius 2 is 1.93 bits per heavy atom. The maximum atomic E-state index is 12.4. The van der Waals surface area contributed by atoms with Crippen molar-refractivity contribution in [1.29, 1.82) is 0 Å². The number of carbonyl (C=O) groups excluding carboxylic acids is 2. The molecule has 0 aliphatic carbocycles. The summed E-state index contributed by atoms with van der Waals surface area (Å²) in [5.41, 5.74) is 1.90. The van der Waals surface area contributed by atoms with Gasteiger partial charge >= 0.3 is 6.36 Å². The van der Waals surface area contributed by atoms with E-state index in [1.807, 2.05) is 0 Å². The van der Waals surface area contributed by atoms with Gasteiger partial charge in [0.1, 0.15) is 11.5 Å². The lowest BCUT2D eigenvalue weighted by atomic mass is 10.1. The van der Waals surface area contributed by atoms with Crippen molar-refractivity contribution >= 4 is 11.7 Å². The fourth-order valence-corrected chi connectivity index (χ4v) is 2.42. The Balaban J connectivity index is 2.05. The lowest BCUT2D eigenvalue weighted by molar-refractivity contribution is -0.274. The van der Waals surface area contributed by atoms with Crippen LogP contribution in [0, 0.1) is 6.92 Å². The summed E-state index contributed by atoms with van der Waals surface area (Å²) >= 11 is 0. The monoisotopic (exact) mass is 380 g/mol. The van der Waals surface area contributed by atoms with Crippen LogP contribution < -0.4 is 10.1 Å². The lowest BCUT2D eigenvalue weighted by Gasteiger charge is -2.11. The van der Waals surface area contributed by atoms with E-state index in [9.17, 15) is 22.8 Å². The van der Waals surface area contributed by atoms with E-state index in [2.05, 4.69) is 15.0 Å². The summed E-state index contributed by atoms with van der Waals surface area (Å²) in [7, 11) is 0. The van der Waals surface area contributed by atoms with Gasteiger partial charge in [-0.1, -0.05) is 19.1 Å². The van der Waals surface area contributed by atoms with Crippen LogP contribution in [-0.4, -0.2) is 23.0 Å². The number of alkyl halides is 3. The number of rotatable bonds is 7. The third kappa shape index (κ3) is 6.73. The van der Waals surface area contributed by atoms with Gasteiger partial charge in [0.15, 0.2) is 0 Å². The maximum absolute atomic E-state index is 12.4. The molecule has 1 heterocycles. The van der Waals surface area contributed by atoms with Crippen LogP contribution in [0.4, 0.5) is 13.2 Å². The first-order valence-electron chi connectivity index (χ1n) is 8.28. The molecule has 0 saturated carbocycles. The number of carbonyl (C=O) groups is 2. The molecular weight excluding hydrogens is 361 g/mol. The Bertz CT molecular complexity index is 835. The van der Waals surface area contributed by atoms with Crippen molar-refractivity contribution in [2.75, 3.05) is 0 Å². The highest BCUT2D eigenvalue weighted by molar-refractivity contribution is 5.94. The Labute approximate surface area is 154 Å². The van der Waals surface area contributed by atoms with Gasteiger partial charge in [-0.3, -0.25) is 14.6 Å². The van der Waals surface area contributed by atoms with Gasteiger partial charge in [-0.25, -0.2) is 0 Å². The van der Waals surface area contributed by atoms with E-state index in [0.29, 0.717) is 28.9 Å². The van der Waals surface area contributed by atoms with E-state index in [-0.39, 0.29) is 24.5 Å². The molecule has 0 unspecified atom stereocenters. The number of hydrogen-bond donors (Lipinski definition) is 1. The normalized spacial score (nSPS) is 11.1. The highest BCUT2D eigenvalue weighted by Gasteiger charge is 2.31. The van der Waals surface area contributed by atoms with Crippen molar-refractivity contribution in [1.82, 2.24) is 10.3 Å². The van der Waals surface area contributed by atoms with E-state index in [0.717, 1.165) is 0 Å². The number of aromatic nitrogens is 1. The van der Waals surface area contributed by atoms with Crippen LogP contribution in [0.2, 0.25) is 0 Å². The Morgan fingerprint density at radius 1 is 1.19 bits per heavy atom. The number of Topliss-reactive ketones (excluding diaryl/α,β-unsaturated/α-hetero) is 1. The Morgan fingerprint density at radius 3 is 2.59 bits per heavy atom. The molecule has 27 heavy (non-hydrogen) atoms. The number of ketones is 1. The first-order chi connectivity index (χ1) is 12.7. The molecule has 2 aromatic rings. The van der Waals surface area contributed by atoms with Gasteiger partial charge in [0.05, 0.1) is 0 Å². The molecule has 0 saturated heterocycles. The minimum Gasteiger partial charge on any atom is -0.406 e. The fourth-order valence-electron chi connectivity index (χ4n) is 2.42. The Kier molecular flexibility index (Phi) is 6.55. The zero-order chi connectivity index (χ0) is 20.0. The van der Waals surface area contributed by atoms with Crippen LogP contribution in [0.3, 0.4) is 0 Å². The molecule has 0 spiro atoms. The second-order valence-corrected chi connectivity index (χ2v) is 5.94. The second-order valence-electron chi connectivity index (χ2n) is 5.94. The summed E-state index contributed by atoms with van der Waals surface area (Å²) in [4.78, 5) is 28.2. The molecule has 8 heteroatoms. The number of halogens is 3. The first-order valence-corrected chi connectivity index (χ1v) is 8.28. The summed E-state index contributed by atoms with van der Waals surface area (Å²) in [6.07, 6.45) is -4.24.